The minimum Gasteiger partial charge on any atom is -0.494 e. The van der Waals surface area contributed by atoms with Crippen LogP contribution >= 0.6 is 7.14 Å². The van der Waals surface area contributed by atoms with Crippen molar-refractivity contribution in [1.29, 1.82) is 0 Å². The number of nitrogens with zero attached hydrogens (tertiary/aromatic N) is 2. The van der Waals surface area contributed by atoms with Gasteiger partial charge < -0.3 is 18.8 Å². The van der Waals surface area contributed by atoms with Crippen LogP contribution in [0.3, 0.4) is 0 Å². The maximum absolute atomic E-state index is 12.7. The fourth-order valence-corrected chi connectivity index (χ4v) is 2.70. The van der Waals surface area contributed by atoms with Gasteiger partial charge in [0.15, 0.2) is 0 Å². The summed E-state index contributed by atoms with van der Waals surface area (Å²) in [4.78, 5) is 30.3. The smallest absolute Gasteiger partial charge is 0.424 e. The first-order chi connectivity index (χ1) is 12.0. The van der Waals surface area contributed by atoms with Gasteiger partial charge in [0.1, 0.15) is 35.2 Å². The van der Waals surface area contributed by atoms with Gasteiger partial charge in [0.25, 0.3) is 0 Å². The van der Waals surface area contributed by atoms with Crippen molar-refractivity contribution in [3.63, 3.8) is 0 Å². The molecule has 0 aliphatic carbocycles. The van der Waals surface area contributed by atoms with Crippen LogP contribution in [-0.4, -0.2) is 48.8 Å². The van der Waals surface area contributed by atoms with Gasteiger partial charge in [0, 0.05) is 6.07 Å². The number of rotatable bonds is 3. The Morgan fingerprint density at radius 3 is 1.78 bits per heavy atom. The number of aromatic nitrogens is 1. The third-order valence-corrected chi connectivity index (χ3v) is 4.34. The van der Waals surface area contributed by atoms with E-state index in [0.717, 1.165) is 4.90 Å². The quantitative estimate of drug-likeness (QED) is 0.707. The summed E-state index contributed by atoms with van der Waals surface area (Å²) in [6, 6.07) is 1.44. The number of methoxy groups -OCH3 is 1. The monoisotopic (exact) mass is 400 g/mol. The third-order valence-electron chi connectivity index (χ3n) is 3.00. The van der Waals surface area contributed by atoms with Crippen molar-refractivity contribution >= 4 is 30.5 Å². The molecule has 9 heteroatoms. The van der Waals surface area contributed by atoms with Crippen molar-refractivity contribution in [3.05, 3.63) is 12.3 Å². The highest BCUT2D eigenvalue weighted by Gasteiger charge is 2.35. The topological polar surface area (TPSA) is 95.0 Å². The van der Waals surface area contributed by atoms with Gasteiger partial charge in [-0.15, -0.1) is 0 Å². The van der Waals surface area contributed by atoms with Gasteiger partial charge in [-0.3, -0.25) is 4.98 Å². The largest absolute Gasteiger partial charge is 0.494 e. The SMILES string of the molecule is COc1cc(P(C)(C)=O)ncc1N(C(=O)OC(C)(C)C)C(=O)OC(C)(C)C. The molecule has 1 heterocycles. The summed E-state index contributed by atoms with van der Waals surface area (Å²) in [5, 5.41) is 0. The van der Waals surface area contributed by atoms with Gasteiger partial charge in [-0.1, -0.05) is 0 Å². The molecule has 2 amide bonds. The van der Waals surface area contributed by atoms with E-state index in [0.29, 0.717) is 5.44 Å². The summed E-state index contributed by atoms with van der Waals surface area (Å²) in [6.07, 6.45) is -0.608. The molecule has 0 saturated heterocycles. The number of carbonyl (C=O) groups is 2. The lowest BCUT2D eigenvalue weighted by Gasteiger charge is -2.29. The van der Waals surface area contributed by atoms with Crippen molar-refractivity contribution in [2.24, 2.45) is 0 Å². The molecule has 0 aromatic carbocycles. The number of carbonyl (C=O) groups excluding carboxylic acids is 2. The molecule has 0 aliphatic heterocycles. The molecule has 0 bridgehead atoms. The van der Waals surface area contributed by atoms with Crippen LogP contribution in [0, 0.1) is 0 Å². The molecular weight excluding hydrogens is 371 g/mol. The molecule has 0 aliphatic rings. The number of anilines is 1. The van der Waals surface area contributed by atoms with Crippen molar-refractivity contribution in [2.45, 2.75) is 52.7 Å². The molecule has 152 valence electrons. The average molecular weight is 400 g/mol. The summed E-state index contributed by atoms with van der Waals surface area (Å²) in [5.41, 5.74) is -1.31. The molecule has 0 unspecified atom stereocenters. The second-order valence-corrected chi connectivity index (χ2v) is 11.5. The Morgan fingerprint density at radius 2 is 1.44 bits per heavy atom. The molecule has 0 N–H and O–H groups in total. The van der Waals surface area contributed by atoms with Crippen LogP contribution < -0.4 is 15.1 Å². The van der Waals surface area contributed by atoms with Crippen LogP contribution in [0.25, 0.3) is 0 Å². The van der Waals surface area contributed by atoms with Crippen LogP contribution in [0.5, 0.6) is 5.75 Å². The zero-order valence-corrected chi connectivity index (χ0v) is 18.3. The Morgan fingerprint density at radius 1 is 1.00 bits per heavy atom. The standard InChI is InChI=1S/C18H29N2O6P/c1-17(2,3)25-15(21)20(16(22)26-18(4,5)6)12-11-19-14(27(8,9)23)10-13(12)24-7/h10-11H,1-9H3. The van der Waals surface area contributed by atoms with Crippen LogP contribution in [0.2, 0.25) is 0 Å². The molecule has 0 spiro atoms. The van der Waals surface area contributed by atoms with Crippen LogP contribution in [0.15, 0.2) is 12.3 Å². The van der Waals surface area contributed by atoms with E-state index in [1.54, 1.807) is 54.9 Å². The minimum atomic E-state index is -2.66. The second-order valence-electron chi connectivity index (χ2n) is 8.36. The van der Waals surface area contributed by atoms with Gasteiger partial charge in [-0.2, -0.15) is 4.90 Å². The van der Waals surface area contributed by atoms with Crippen LogP contribution in [0.4, 0.5) is 15.3 Å². The lowest BCUT2D eigenvalue weighted by Crippen LogP contribution is -2.44. The summed E-state index contributed by atoms with van der Waals surface area (Å²) in [5.74, 6) is 0.153. The van der Waals surface area contributed by atoms with Gasteiger partial charge in [0.05, 0.1) is 13.3 Å². The van der Waals surface area contributed by atoms with E-state index in [9.17, 15) is 14.2 Å². The molecule has 0 atom stereocenters. The molecule has 27 heavy (non-hydrogen) atoms. The molecule has 1 aromatic rings. The first kappa shape index (κ1) is 23.0. The fourth-order valence-electron chi connectivity index (χ4n) is 1.93. The maximum atomic E-state index is 12.7. The molecule has 0 fully saturated rings. The average Bonchev–Trinajstić information content (AvgIpc) is 2.42. The third kappa shape index (κ3) is 6.86. The second kappa shape index (κ2) is 7.89. The Bertz CT molecular complexity index is 730. The van der Waals surface area contributed by atoms with Gasteiger partial charge in [-0.05, 0) is 54.9 Å². The number of ether oxygens (including phenoxy) is 3. The Kier molecular flexibility index (Phi) is 6.71. The minimum absolute atomic E-state index is 0.0400. The number of imide groups is 1. The maximum Gasteiger partial charge on any atom is 0.424 e. The van der Waals surface area contributed by atoms with Crippen molar-refractivity contribution in [1.82, 2.24) is 4.98 Å². The zero-order chi connectivity index (χ0) is 21.2. The van der Waals surface area contributed by atoms with Crippen molar-refractivity contribution < 1.29 is 28.4 Å². The van der Waals surface area contributed by atoms with E-state index in [1.165, 1.54) is 19.4 Å². The Hall–Kier alpha value is -2.08. The van der Waals surface area contributed by atoms with E-state index in [1.807, 2.05) is 0 Å². The predicted octanol–water partition coefficient (Wildman–Crippen LogP) is 4.01. The van der Waals surface area contributed by atoms with Crippen molar-refractivity contribution in [3.8, 4) is 5.75 Å². The summed E-state index contributed by atoms with van der Waals surface area (Å²) < 4.78 is 28.3. The number of hydrogen-bond acceptors (Lipinski definition) is 7. The number of pyridine rings is 1. The summed E-state index contributed by atoms with van der Waals surface area (Å²) >= 11 is 0. The van der Waals surface area contributed by atoms with E-state index in [-0.39, 0.29) is 11.4 Å². The van der Waals surface area contributed by atoms with E-state index in [4.69, 9.17) is 14.2 Å². The molecule has 8 nitrogen and oxygen atoms in total. The summed E-state index contributed by atoms with van der Waals surface area (Å²) in [6.45, 7) is 13.2. The number of hydrogen-bond donors (Lipinski definition) is 0. The summed E-state index contributed by atoms with van der Waals surface area (Å²) in [7, 11) is -1.29. The van der Waals surface area contributed by atoms with Crippen LogP contribution in [-0.2, 0) is 14.0 Å². The molecule has 0 saturated carbocycles. The predicted molar refractivity (Wildman–Crippen MR) is 105 cm³/mol. The highest BCUT2D eigenvalue weighted by molar-refractivity contribution is 7.69. The molecule has 1 aromatic heterocycles. The number of amides is 2. The highest BCUT2D eigenvalue weighted by atomic mass is 31.2. The molecule has 0 radical (unpaired) electrons. The Balaban J connectivity index is 3.48. The van der Waals surface area contributed by atoms with E-state index in [2.05, 4.69) is 4.98 Å². The highest BCUT2D eigenvalue weighted by Crippen LogP contribution is 2.37. The first-order valence-corrected chi connectivity index (χ1v) is 11.0. The fraction of sp³-hybridized carbons (Fsp3) is 0.611. The first-order valence-electron chi connectivity index (χ1n) is 8.41. The van der Waals surface area contributed by atoms with Gasteiger partial charge >= 0.3 is 12.2 Å². The normalized spacial score (nSPS) is 12.3. The molecular formula is C18H29N2O6P. The van der Waals surface area contributed by atoms with Gasteiger partial charge in [0.2, 0.25) is 0 Å². The van der Waals surface area contributed by atoms with E-state index >= 15 is 0 Å². The Labute approximate surface area is 160 Å². The van der Waals surface area contributed by atoms with Crippen LogP contribution in [0.1, 0.15) is 41.5 Å². The van der Waals surface area contributed by atoms with E-state index < -0.39 is 30.5 Å². The lowest BCUT2D eigenvalue weighted by molar-refractivity contribution is 0.0429. The lowest BCUT2D eigenvalue weighted by atomic mass is 10.2. The van der Waals surface area contributed by atoms with Gasteiger partial charge in [-0.25, -0.2) is 9.59 Å². The molecule has 1 rings (SSSR count). The zero-order valence-electron chi connectivity index (χ0n) is 17.4. The van der Waals surface area contributed by atoms with Crippen molar-refractivity contribution in [2.75, 3.05) is 25.3 Å².